The lowest BCUT2D eigenvalue weighted by atomic mass is 9.97. The zero-order chi connectivity index (χ0) is 24.1. The molecule has 0 aliphatic carbocycles. The third-order valence-electron chi connectivity index (χ3n) is 6.40. The van der Waals surface area contributed by atoms with Gasteiger partial charge in [0.1, 0.15) is 6.10 Å². The van der Waals surface area contributed by atoms with Gasteiger partial charge in [-0.05, 0) is 69.6 Å². The first-order chi connectivity index (χ1) is 16.4. The van der Waals surface area contributed by atoms with Crippen molar-refractivity contribution < 1.29 is 14.3 Å². The molecule has 2 amide bonds. The molecule has 0 radical (unpaired) electrons. The van der Waals surface area contributed by atoms with Crippen molar-refractivity contribution in [2.75, 3.05) is 31.5 Å². The van der Waals surface area contributed by atoms with Gasteiger partial charge in [-0.15, -0.1) is 0 Å². The van der Waals surface area contributed by atoms with Crippen molar-refractivity contribution >= 4 is 29.1 Å². The summed E-state index contributed by atoms with van der Waals surface area (Å²) < 4.78 is 6.41. The molecule has 1 unspecified atom stereocenters. The molecule has 2 heterocycles. The fraction of sp³-hybridized carbons (Fsp3) is 0.462. The molecule has 0 aromatic heterocycles. The molecule has 2 aromatic carbocycles. The zero-order valence-electron chi connectivity index (χ0n) is 19.8. The number of hydrogen-bond donors (Lipinski definition) is 3. The van der Waals surface area contributed by atoms with Crippen LogP contribution in [0.25, 0.3) is 0 Å². The second kappa shape index (κ2) is 11.2. The van der Waals surface area contributed by atoms with Crippen LogP contribution in [0.15, 0.2) is 42.5 Å². The highest BCUT2D eigenvalue weighted by Gasteiger charge is 2.32. The number of anilines is 1. The van der Waals surface area contributed by atoms with E-state index < -0.39 is 0 Å². The number of para-hydroxylation sites is 1. The Labute approximate surface area is 206 Å². The molecule has 1 atom stereocenters. The Hall–Kier alpha value is -2.61. The van der Waals surface area contributed by atoms with Gasteiger partial charge in [-0.1, -0.05) is 29.8 Å². The van der Waals surface area contributed by atoms with E-state index in [1.807, 2.05) is 49.1 Å². The van der Waals surface area contributed by atoms with E-state index in [4.69, 9.17) is 16.3 Å². The van der Waals surface area contributed by atoms with Gasteiger partial charge in [-0.25, -0.2) is 0 Å². The van der Waals surface area contributed by atoms with Gasteiger partial charge < -0.3 is 25.6 Å². The SMILES string of the molecule is CC(C)N1CC(CNCc2ccc(Cl)cc2)Oc2c(NC(=O)C3CCNCC3)cccc2C1=O. The first-order valence-electron chi connectivity index (χ1n) is 12.0. The van der Waals surface area contributed by atoms with Crippen LogP contribution in [0.3, 0.4) is 0 Å². The number of ether oxygens (including phenoxy) is 1. The van der Waals surface area contributed by atoms with E-state index in [1.165, 1.54) is 0 Å². The van der Waals surface area contributed by atoms with Crippen LogP contribution in [0, 0.1) is 5.92 Å². The minimum absolute atomic E-state index is 0.0201. The van der Waals surface area contributed by atoms with E-state index in [-0.39, 0.29) is 29.9 Å². The number of fused-ring (bicyclic) bond motifs is 1. The number of carbonyl (C=O) groups excluding carboxylic acids is 2. The quantitative estimate of drug-likeness (QED) is 0.558. The smallest absolute Gasteiger partial charge is 0.258 e. The second-order valence-corrected chi connectivity index (χ2v) is 9.68. The van der Waals surface area contributed by atoms with Crippen molar-refractivity contribution in [2.24, 2.45) is 5.92 Å². The first-order valence-corrected chi connectivity index (χ1v) is 12.4. The van der Waals surface area contributed by atoms with E-state index in [0.29, 0.717) is 41.7 Å². The van der Waals surface area contributed by atoms with Crippen LogP contribution < -0.4 is 20.7 Å². The highest BCUT2D eigenvalue weighted by Crippen LogP contribution is 2.34. The van der Waals surface area contributed by atoms with Crippen molar-refractivity contribution in [3.8, 4) is 5.75 Å². The molecule has 2 aliphatic rings. The molecule has 3 N–H and O–H groups in total. The number of nitrogens with zero attached hydrogens (tertiary/aromatic N) is 1. The maximum absolute atomic E-state index is 13.4. The number of carbonyl (C=O) groups is 2. The zero-order valence-corrected chi connectivity index (χ0v) is 20.5. The molecule has 0 bridgehead atoms. The third kappa shape index (κ3) is 5.90. The highest BCUT2D eigenvalue weighted by molar-refractivity contribution is 6.30. The summed E-state index contributed by atoms with van der Waals surface area (Å²) in [6.07, 6.45) is 1.34. The summed E-state index contributed by atoms with van der Waals surface area (Å²) >= 11 is 5.98. The molecular formula is C26H33ClN4O3. The van der Waals surface area contributed by atoms with Gasteiger partial charge in [-0.2, -0.15) is 0 Å². The van der Waals surface area contributed by atoms with Crippen LogP contribution >= 0.6 is 11.6 Å². The third-order valence-corrected chi connectivity index (χ3v) is 6.65. The minimum Gasteiger partial charge on any atom is -0.484 e. The Bertz CT molecular complexity index is 1010. The topological polar surface area (TPSA) is 82.7 Å². The molecule has 2 aromatic rings. The lowest BCUT2D eigenvalue weighted by Gasteiger charge is -2.28. The van der Waals surface area contributed by atoms with Crippen molar-refractivity contribution in [3.63, 3.8) is 0 Å². The lowest BCUT2D eigenvalue weighted by molar-refractivity contribution is -0.120. The number of hydrogen-bond acceptors (Lipinski definition) is 5. The van der Waals surface area contributed by atoms with E-state index in [1.54, 1.807) is 12.1 Å². The van der Waals surface area contributed by atoms with Crippen LogP contribution in [0.4, 0.5) is 5.69 Å². The molecule has 8 heteroatoms. The largest absolute Gasteiger partial charge is 0.484 e. The number of piperidine rings is 1. The Balaban J connectivity index is 1.52. The van der Waals surface area contributed by atoms with Crippen molar-refractivity contribution in [3.05, 3.63) is 58.6 Å². The number of amides is 2. The Morgan fingerprint density at radius 2 is 1.91 bits per heavy atom. The summed E-state index contributed by atoms with van der Waals surface area (Å²) in [5.74, 6) is 0.315. The fourth-order valence-electron chi connectivity index (χ4n) is 4.44. The van der Waals surface area contributed by atoms with Gasteiger partial charge in [0, 0.05) is 30.1 Å². The molecule has 7 nitrogen and oxygen atoms in total. The first kappa shape index (κ1) is 24.5. The summed E-state index contributed by atoms with van der Waals surface area (Å²) in [4.78, 5) is 28.1. The van der Waals surface area contributed by atoms with Crippen LogP contribution in [0.5, 0.6) is 5.75 Å². The van der Waals surface area contributed by atoms with Gasteiger partial charge in [0.05, 0.1) is 17.8 Å². The average Bonchev–Trinajstić information content (AvgIpc) is 2.98. The van der Waals surface area contributed by atoms with Gasteiger partial charge >= 0.3 is 0 Å². The summed E-state index contributed by atoms with van der Waals surface area (Å²) in [5, 5.41) is 10.5. The van der Waals surface area contributed by atoms with E-state index in [0.717, 1.165) is 31.5 Å². The maximum Gasteiger partial charge on any atom is 0.258 e. The van der Waals surface area contributed by atoms with Gasteiger partial charge in [0.25, 0.3) is 5.91 Å². The van der Waals surface area contributed by atoms with Crippen LogP contribution in [-0.4, -0.2) is 55.0 Å². The monoisotopic (exact) mass is 484 g/mol. The standard InChI is InChI=1S/C26H33ClN4O3/c1-17(2)31-16-21(15-29-14-18-6-8-20(27)9-7-18)34-24-22(26(31)33)4-3-5-23(24)30-25(32)19-10-12-28-13-11-19/h3-9,17,19,21,28-29H,10-16H2,1-2H3,(H,30,32). The number of nitrogens with one attached hydrogen (secondary N) is 3. The van der Waals surface area contributed by atoms with Crippen LogP contribution in [0.1, 0.15) is 42.6 Å². The fourth-order valence-corrected chi connectivity index (χ4v) is 4.57. The summed E-state index contributed by atoms with van der Waals surface area (Å²) in [6, 6.07) is 13.1. The molecule has 34 heavy (non-hydrogen) atoms. The summed E-state index contributed by atoms with van der Waals surface area (Å²) in [5.41, 5.74) is 2.16. The normalized spacial score (nSPS) is 18.9. The molecular weight excluding hydrogens is 452 g/mol. The van der Waals surface area contributed by atoms with Crippen molar-refractivity contribution in [1.82, 2.24) is 15.5 Å². The summed E-state index contributed by atoms with van der Waals surface area (Å²) in [6.45, 7) is 7.35. The van der Waals surface area contributed by atoms with E-state index in [9.17, 15) is 9.59 Å². The van der Waals surface area contributed by atoms with E-state index in [2.05, 4.69) is 16.0 Å². The van der Waals surface area contributed by atoms with Crippen LogP contribution in [0.2, 0.25) is 5.02 Å². The summed E-state index contributed by atoms with van der Waals surface area (Å²) in [7, 11) is 0. The molecule has 1 fully saturated rings. The highest BCUT2D eigenvalue weighted by atomic mass is 35.5. The van der Waals surface area contributed by atoms with Crippen molar-refractivity contribution in [1.29, 1.82) is 0 Å². The molecule has 4 rings (SSSR count). The maximum atomic E-state index is 13.4. The molecule has 0 saturated carbocycles. The van der Waals surface area contributed by atoms with E-state index >= 15 is 0 Å². The molecule has 1 saturated heterocycles. The predicted octanol–water partition coefficient (Wildman–Crippen LogP) is 3.68. The van der Waals surface area contributed by atoms with Crippen LogP contribution in [-0.2, 0) is 11.3 Å². The molecule has 0 spiro atoms. The number of rotatable bonds is 7. The molecule has 182 valence electrons. The van der Waals surface area contributed by atoms with Gasteiger partial charge in [-0.3, -0.25) is 9.59 Å². The minimum atomic E-state index is -0.267. The Morgan fingerprint density at radius 1 is 1.18 bits per heavy atom. The number of halogens is 1. The Kier molecular flexibility index (Phi) is 8.08. The number of benzene rings is 2. The predicted molar refractivity (Wildman–Crippen MR) is 134 cm³/mol. The average molecular weight is 485 g/mol. The van der Waals surface area contributed by atoms with Gasteiger partial charge in [0.2, 0.25) is 5.91 Å². The Morgan fingerprint density at radius 3 is 2.62 bits per heavy atom. The lowest BCUT2D eigenvalue weighted by Crippen LogP contribution is -2.44. The van der Waals surface area contributed by atoms with Crippen molar-refractivity contribution in [2.45, 2.75) is 45.4 Å². The second-order valence-electron chi connectivity index (χ2n) is 9.24. The van der Waals surface area contributed by atoms with Gasteiger partial charge in [0.15, 0.2) is 5.75 Å². The molecule has 2 aliphatic heterocycles.